The Hall–Kier alpha value is -4.45. The number of hydrogen-bond donors (Lipinski definition) is 3. The largest absolute Gasteiger partial charge is 0.348 e. The van der Waals surface area contributed by atoms with Crippen LogP contribution in [0.4, 0.5) is 10.5 Å². The number of benzene rings is 3. The highest BCUT2D eigenvalue weighted by Gasteiger charge is 2.12. The summed E-state index contributed by atoms with van der Waals surface area (Å²) in [7, 11) is 0. The van der Waals surface area contributed by atoms with E-state index in [1.165, 1.54) is 0 Å². The molecule has 0 saturated heterocycles. The molecular formula is C27H24N4O2. The molecule has 4 aromatic rings. The van der Waals surface area contributed by atoms with E-state index in [0.29, 0.717) is 24.3 Å². The molecule has 33 heavy (non-hydrogen) atoms. The Morgan fingerprint density at radius 1 is 0.697 bits per heavy atom. The minimum absolute atomic E-state index is 0.133. The van der Waals surface area contributed by atoms with Gasteiger partial charge in [0.25, 0.3) is 5.91 Å². The number of amides is 3. The zero-order valence-electron chi connectivity index (χ0n) is 18.0. The van der Waals surface area contributed by atoms with Crippen molar-refractivity contribution < 1.29 is 9.59 Å². The second kappa shape index (κ2) is 10.7. The zero-order chi connectivity index (χ0) is 22.9. The molecule has 1 heterocycles. The summed E-state index contributed by atoms with van der Waals surface area (Å²) in [5.74, 6) is -0.133. The van der Waals surface area contributed by atoms with E-state index < -0.39 is 0 Å². The van der Waals surface area contributed by atoms with Crippen molar-refractivity contribution in [1.29, 1.82) is 0 Å². The summed E-state index contributed by atoms with van der Waals surface area (Å²) in [6.45, 7) is 0.781. The van der Waals surface area contributed by atoms with Gasteiger partial charge in [-0.3, -0.25) is 9.78 Å². The van der Waals surface area contributed by atoms with E-state index in [0.717, 1.165) is 22.3 Å². The Bertz CT molecular complexity index is 1210. The number of carbonyl (C=O) groups excluding carboxylic acids is 2. The summed E-state index contributed by atoms with van der Waals surface area (Å²) in [6, 6.07) is 28.2. The van der Waals surface area contributed by atoms with Gasteiger partial charge >= 0.3 is 6.03 Å². The first-order valence-corrected chi connectivity index (χ1v) is 10.6. The topological polar surface area (TPSA) is 83.1 Å². The molecule has 0 fully saturated rings. The van der Waals surface area contributed by atoms with Gasteiger partial charge in [0, 0.05) is 36.7 Å². The molecule has 3 aromatic carbocycles. The predicted molar refractivity (Wildman–Crippen MR) is 130 cm³/mol. The molecule has 0 radical (unpaired) electrons. The lowest BCUT2D eigenvalue weighted by atomic mass is 9.99. The van der Waals surface area contributed by atoms with Crippen molar-refractivity contribution in [3.63, 3.8) is 0 Å². The van der Waals surface area contributed by atoms with Crippen LogP contribution in [0.25, 0.3) is 11.1 Å². The number of aromatic nitrogens is 1. The van der Waals surface area contributed by atoms with Crippen molar-refractivity contribution in [3.05, 3.63) is 120 Å². The highest BCUT2D eigenvalue weighted by molar-refractivity contribution is 6.00. The van der Waals surface area contributed by atoms with Crippen LogP contribution in [-0.4, -0.2) is 16.9 Å². The van der Waals surface area contributed by atoms with Crippen LogP contribution in [0.3, 0.4) is 0 Å². The van der Waals surface area contributed by atoms with Crippen LogP contribution in [0.2, 0.25) is 0 Å². The lowest BCUT2D eigenvalue weighted by molar-refractivity contribution is 0.0951. The van der Waals surface area contributed by atoms with Crippen LogP contribution in [0.1, 0.15) is 21.5 Å². The summed E-state index contributed by atoms with van der Waals surface area (Å²) in [5.41, 5.74) is 5.05. The SMILES string of the molecule is O=C(NCc1cccnc1)Nc1ccc(CNC(=O)c2ccccc2-c2ccccc2)cc1. The fraction of sp³-hybridized carbons (Fsp3) is 0.0741. The molecule has 4 rings (SSSR count). The third-order valence-electron chi connectivity index (χ3n) is 5.10. The van der Waals surface area contributed by atoms with Crippen molar-refractivity contribution in [2.45, 2.75) is 13.1 Å². The van der Waals surface area contributed by atoms with Crippen LogP contribution in [-0.2, 0) is 13.1 Å². The molecule has 3 N–H and O–H groups in total. The highest BCUT2D eigenvalue weighted by Crippen LogP contribution is 2.23. The number of hydrogen-bond acceptors (Lipinski definition) is 3. The molecule has 0 spiro atoms. The van der Waals surface area contributed by atoms with Crippen LogP contribution < -0.4 is 16.0 Å². The molecule has 0 saturated carbocycles. The summed E-state index contributed by atoms with van der Waals surface area (Å²) < 4.78 is 0. The molecule has 0 unspecified atom stereocenters. The van der Waals surface area contributed by atoms with Crippen molar-refractivity contribution in [2.75, 3.05) is 5.32 Å². The smallest absolute Gasteiger partial charge is 0.319 e. The molecular weight excluding hydrogens is 412 g/mol. The maximum Gasteiger partial charge on any atom is 0.319 e. The van der Waals surface area contributed by atoms with E-state index in [1.807, 2.05) is 91.0 Å². The molecule has 0 aliphatic carbocycles. The van der Waals surface area contributed by atoms with Gasteiger partial charge in [-0.25, -0.2) is 4.79 Å². The maximum atomic E-state index is 12.8. The second-order valence-corrected chi connectivity index (χ2v) is 7.46. The van der Waals surface area contributed by atoms with Crippen LogP contribution in [0, 0.1) is 0 Å². The number of carbonyl (C=O) groups is 2. The number of urea groups is 1. The van der Waals surface area contributed by atoms with Gasteiger partial charge in [0.2, 0.25) is 0 Å². The van der Waals surface area contributed by atoms with Gasteiger partial charge < -0.3 is 16.0 Å². The molecule has 0 aliphatic heterocycles. The van der Waals surface area contributed by atoms with E-state index in [2.05, 4.69) is 20.9 Å². The first-order chi connectivity index (χ1) is 16.2. The lowest BCUT2D eigenvalue weighted by Gasteiger charge is -2.11. The number of pyridine rings is 1. The quantitative estimate of drug-likeness (QED) is 0.381. The summed E-state index contributed by atoms with van der Waals surface area (Å²) >= 11 is 0. The minimum Gasteiger partial charge on any atom is -0.348 e. The van der Waals surface area contributed by atoms with Gasteiger partial charge in [0.15, 0.2) is 0 Å². The van der Waals surface area contributed by atoms with E-state index in [1.54, 1.807) is 12.4 Å². The number of nitrogens with zero attached hydrogens (tertiary/aromatic N) is 1. The van der Waals surface area contributed by atoms with Gasteiger partial charge in [-0.05, 0) is 46.5 Å². The molecule has 6 nitrogen and oxygen atoms in total. The molecule has 3 amide bonds. The van der Waals surface area contributed by atoms with Crippen molar-refractivity contribution in [3.8, 4) is 11.1 Å². The van der Waals surface area contributed by atoms with Gasteiger partial charge in [0.05, 0.1) is 0 Å². The first kappa shape index (κ1) is 21.8. The highest BCUT2D eigenvalue weighted by atomic mass is 16.2. The van der Waals surface area contributed by atoms with Crippen LogP contribution in [0.15, 0.2) is 103 Å². The summed E-state index contributed by atoms with van der Waals surface area (Å²) in [4.78, 5) is 28.9. The lowest BCUT2D eigenvalue weighted by Crippen LogP contribution is -2.28. The Balaban J connectivity index is 1.31. The van der Waals surface area contributed by atoms with Crippen molar-refractivity contribution >= 4 is 17.6 Å². The number of rotatable bonds is 7. The van der Waals surface area contributed by atoms with Gasteiger partial charge in [-0.1, -0.05) is 66.7 Å². The van der Waals surface area contributed by atoms with E-state index >= 15 is 0 Å². The van der Waals surface area contributed by atoms with E-state index in [9.17, 15) is 9.59 Å². The zero-order valence-corrected chi connectivity index (χ0v) is 18.0. The fourth-order valence-corrected chi connectivity index (χ4v) is 3.39. The molecule has 1 aromatic heterocycles. The van der Waals surface area contributed by atoms with E-state index in [4.69, 9.17) is 0 Å². The maximum absolute atomic E-state index is 12.8. The van der Waals surface area contributed by atoms with Crippen LogP contribution >= 0.6 is 0 Å². The standard InChI is InChI=1S/C27H24N4O2/c32-26(25-11-5-4-10-24(25)22-8-2-1-3-9-22)29-18-20-12-14-23(15-13-20)31-27(33)30-19-21-7-6-16-28-17-21/h1-17H,18-19H2,(H,29,32)(H2,30,31,33). The third kappa shape index (κ3) is 6.04. The third-order valence-corrected chi connectivity index (χ3v) is 5.10. The normalized spacial score (nSPS) is 10.3. The average molecular weight is 437 g/mol. The summed E-state index contributed by atoms with van der Waals surface area (Å²) in [5, 5.41) is 8.57. The van der Waals surface area contributed by atoms with Gasteiger partial charge in [0.1, 0.15) is 0 Å². The van der Waals surface area contributed by atoms with Crippen molar-refractivity contribution in [2.24, 2.45) is 0 Å². The molecule has 6 heteroatoms. The Morgan fingerprint density at radius 2 is 1.42 bits per heavy atom. The fourth-order valence-electron chi connectivity index (χ4n) is 3.39. The average Bonchev–Trinajstić information content (AvgIpc) is 2.88. The molecule has 0 atom stereocenters. The Morgan fingerprint density at radius 3 is 2.18 bits per heavy atom. The number of anilines is 1. The van der Waals surface area contributed by atoms with Gasteiger partial charge in [-0.15, -0.1) is 0 Å². The molecule has 0 bridgehead atoms. The second-order valence-electron chi connectivity index (χ2n) is 7.46. The number of nitrogens with one attached hydrogen (secondary N) is 3. The monoisotopic (exact) mass is 436 g/mol. The van der Waals surface area contributed by atoms with Gasteiger partial charge in [-0.2, -0.15) is 0 Å². The Kier molecular flexibility index (Phi) is 7.08. The van der Waals surface area contributed by atoms with Crippen molar-refractivity contribution in [1.82, 2.24) is 15.6 Å². The van der Waals surface area contributed by atoms with E-state index in [-0.39, 0.29) is 11.9 Å². The molecule has 0 aliphatic rings. The predicted octanol–water partition coefficient (Wildman–Crippen LogP) is 5.00. The molecule has 164 valence electrons. The Labute approximate surface area is 192 Å². The minimum atomic E-state index is -0.294. The first-order valence-electron chi connectivity index (χ1n) is 10.6. The summed E-state index contributed by atoms with van der Waals surface area (Å²) in [6.07, 6.45) is 3.40. The van der Waals surface area contributed by atoms with Crippen LogP contribution in [0.5, 0.6) is 0 Å².